The van der Waals surface area contributed by atoms with E-state index in [2.05, 4.69) is 24.1 Å². The number of fused-ring (bicyclic) bond motifs is 1. The highest BCUT2D eigenvalue weighted by molar-refractivity contribution is 6.05. The number of nitrogens with one attached hydrogen (secondary N) is 1. The van der Waals surface area contributed by atoms with E-state index in [4.69, 9.17) is 9.47 Å². The molecule has 2 heterocycles. The van der Waals surface area contributed by atoms with E-state index in [0.29, 0.717) is 41.1 Å². The van der Waals surface area contributed by atoms with Crippen LogP contribution in [0.4, 0.5) is 5.69 Å². The number of carbonyl (C=O) groups is 2. The molecule has 0 bridgehead atoms. The van der Waals surface area contributed by atoms with Gasteiger partial charge in [0, 0.05) is 24.7 Å². The standard InChI is InChI=1S/C18H24N2O4/c1-11-4-12(2)8-20(7-11)9-18(22)19-15-6-17-16(23-10-24-17)5-14(15)13(3)21/h5-6,11-12H,4,7-10H2,1-3H3,(H,19,22)/t11-,12-/m1/s1. The van der Waals surface area contributed by atoms with Gasteiger partial charge in [-0.1, -0.05) is 13.8 Å². The number of ether oxygens (including phenoxy) is 2. The van der Waals surface area contributed by atoms with E-state index in [9.17, 15) is 9.59 Å². The summed E-state index contributed by atoms with van der Waals surface area (Å²) in [6.45, 7) is 8.23. The van der Waals surface area contributed by atoms with Gasteiger partial charge < -0.3 is 14.8 Å². The molecule has 3 rings (SSSR count). The van der Waals surface area contributed by atoms with Crippen molar-refractivity contribution in [2.45, 2.75) is 27.2 Å². The largest absolute Gasteiger partial charge is 0.454 e. The smallest absolute Gasteiger partial charge is 0.238 e. The third-order valence-corrected chi connectivity index (χ3v) is 4.48. The van der Waals surface area contributed by atoms with Gasteiger partial charge in [-0.15, -0.1) is 0 Å². The van der Waals surface area contributed by atoms with Crippen LogP contribution in [-0.2, 0) is 4.79 Å². The minimum Gasteiger partial charge on any atom is -0.454 e. The third kappa shape index (κ3) is 3.70. The molecule has 1 aromatic carbocycles. The van der Waals surface area contributed by atoms with Crippen molar-refractivity contribution < 1.29 is 19.1 Å². The number of hydrogen-bond acceptors (Lipinski definition) is 5. The second-order valence-electron chi connectivity index (χ2n) is 7.00. The van der Waals surface area contributed by atoms with E-state index in [0.717, 1.165) is 13.1 Å². The van der Waals surface area contributed by atoms with Crippen molar-refractivity contribution in [3.63, 3.8) is 0 Å². The first-order valence-electron chi connectivity index (χ1n) is 8.39. The Kier molecular flexibility index (Phi) is 4.76. The van der Waals surface area contributed by atoms with Crippen molar-refractivity contribution in [2.75, 3.05) is 31.7 Å². The number of anilines is 1. The maximum Gasteiger partial charge on any atom is 0.238 e. The quantitative estimate of drug-likeness (QED) is 0.858. The Hall–Kier alpha value is -2.08. The molecule has 0 unspecified atom stereocenters. The molecule has 1 aromatic rings. The Balaban J connectivity index is 1.71. The van der Waals surface area contributed by atoms with Crippen molar-refractivity contribution in [3.8, 4) is 11.5 Å². The van der Waals surface area contributed by atoms with Crippen LogP contribution in [-0.4, -0.2) is 43.0 Å². The second-order valence-corrected chi connectivity index (χ2v) is 7.00. The maximum atomic E-state index is 12.4. The summed E-state index contributed by atoms with van der Waals surface area (Å²) >= 11 is 0. The second kappa shape index (κ2) is 6.81. The highest BCUT2D eigenvalue weighted by atomic mass is 16.7. The third-order valence-electron chi connectivity index (χ3n) is 4.48. The van der Waals surface area contributed by atoms with E-state index < -0.39 is 0 Å². The van der Waals surface area contributed by atoms with Crippen LogP contribution in [0.3, 0.4) is 0 Å². The summed E-state index contributed by atoms with van der Waals surface area (Å²) in [7, 11) is 0. The van der Waals surface area contributed by atoms with Crippen LogP contribution in [0.25, 0.3) is 0 Å². The van der Waals surface area contributed by atoms with Crippen LogP contribution in [0.5, 0.6) is 11.5 Å². The number of hydrogen-bond donors (Lipinski definition) is 1. The number of rotatable bonds is 4. The number of Topliss-reactive ketones (excluding diaryl/α,β-unsaturated/α-hetero) is 1. The van der Waals surface area contributed by atoms with Crippen molar-refractivity contribution in [3.05, 3.63) is 17.7 Å². The lowest BCUT2D eigenvalue weighted by Gasteiger charge is -2.34. The summed E-state index contributed by atoms with van der Waals surface area (Å²) < 4.78 is 10.6. The molecule has 0 aliphatic carbocycles. The van der Waals surface area contributed by atoms with E-state index in [1.807, 2.05) is 0 Å². The number of amides is 1. The average molecular weight is 332 g/mol. The van der Waals surface area contributed by atoms with Crippen LogP contribution in [0.1, 0.15) is 37.6 Å². The summed E-state index contributed by atoms with van der Waals surface area (Å²) in [6, 6.07) is 3.30. The van der Waals surface area contributed by atoms with Gasteiger partial charge in [-0.25, -0.2) is 0 Å². The van der Waals surface area contributed by atoms with Gasteiger partial charge in [0.2, 0.25) is 12.7 Å². The molecule has 130 valence electrons. The molecule has 0 spiro atoms. The summed E-state index contributed by atoms with van der Waals surface area (Å²) in [4.78, 5) is 26.5. The first-order chi connectivity index (χ1) is 11.4. The van der Waals surface area contributed by atoms with Gasteiger partial charge in [0.15, 0.2) is 17.3 Å². The molecule has 0 saturated carbocycles. The predicted molar refractivity (Wildman–Crippen MR) is 90.6 cm³/mol. The van der Waals surface area contributed by atoms with Gasteiger partial charge in [0.25, 0.3) is 0 Å². The number of ketones is 1. The zero-order valence-electron chi connectivity index (χ0n) is 14.4. The SMILES string of the molecule is CC(=O)c1cc2c(cc1NC(=O)CN1C[C@H](C)C[C@@H](C)C1)OCO2. The van der Waals surface area contributed by atoms with Gasteiger partial charge in [0.05, 0.1) is 12.2 Å². The minimum atomic E-state index is -0.121. The molecular formula is C18H24N2O4. The Bertz CT molecular complexity index is 649. The molecule has 2 aliphatic rings. The van der Waals surface area contributed by atoms with Gasteiger partial charge >= 0.3 is 0 Å². The summed E-state index contributed by atoms with van der Waals surface area (Å²) in [5, 5.41) is 2.86. The Morgan fingerprint density at radius 1 is 1.17 bits per heavy atom. The van der Waals surface area contributed by atoms with Crippen molar-refractivity contribution >= 4 is 17.4 Å². The van der Waals surface area contributed by atoms with Crippen LogP contribution in [0.15, 0.2) is 12.1 Å². The normalized spacial score (nSPS) is 23.1. The number of benzene rings is 1. The van der Waals surface area contributed by atoms with Crippen molar-refractivity contribution in [2.24, 2.45) is 11.8 Å². The fraction of sp³-hybridized carbons (Fsp3) is 0.556. The monoisotopic (exact) mass is 332 g/mol. The number of piperidine rings is 1. The van der Waals surface area contributed by atoms with Gasteiger partial charge in [0.1, 0.15) is 0 Å². The molecule has 1 fully saturated rings. The number of nitrogens with zero attached hydrogens (tertiary/aromatic N) is 1. The lowest BCUT2D eigenvalue weighted by Crippen LogP contribution is -2.42. The minimum absolute atomic E-state index is 0.113. The average Bonchev–Trinajstić information content (AvgIpc) is 2.92. The lowest BCUT2D eigenvalue weighted by atomic mass is 9.92. The summed E-state index contributed by atoms with van der Waals surface area (Å²) in [5.41, 5.74) is 0.919. The van der Waals surface area contributed by atoms with E-state index >= 15 is 0 Å². The fourth-order valence-electron chi connectivity index (χ4n) is 3.65. The molecule has 1 saturated heterocycles. The molecule has 0 aromatic heterocycles. The number of likely N-dealkylation sites (tertiary alicyclic amines) is 1. The molecular weight excluding hydrogens is 308 g/mol. The molecule has 2 atom stereocenters. The van der Waals surface area contributed by atoms with Gasteiger partial charge in [-0.2, -0.15) is 0 Å². The Labute approximate surface area is 142 Å². The molecule has 6 nitrogen and oxygen atoms in total. The summed E-state index contributed by atoms with van der Waals surface area (Å²) in [6.07, 6.45) is 1.20. The van der Waals surface area contributed by atoms with Crippen LogP contribution in [0, 0.1) is 11.8 Å². The molecule has 1 N–H and O–H groups in total. The van der Waals surface area contributed by atoms with Gasteiger partial charge in [-0.05, 0) is 31.2 Å². The van der Waals surface area contributed by atoms with Crippen LogP contribution in [0.2, 0.25) is 0 Å². The molecule has 6 heteroatoms. The zero-order chi connectivity index (χ0) is 17.3. The molecule has 24 heavy (non-hydrogen) atoms. The first kappa shape index (κ1) is 16.8. The fourth-order valence-corrected chi connectivity index (χ4v) is 3.65. The van der Waals surface area contributed by atoms with E-state index in [-0.39, 0.29) is 18.5 Å². The summed E-state index contributed by atoms with van der Waals surface area (Å²) in [5.74, 6) is 2.05. The number of carbonyl (C=O) groups excluding carboxylic acids is 2. The van der Waals surface area contributed by atoms with Crippen molar-refractivity contribution in [1.82, 2.24) is 4.90 Å². The molecule has 1 amide bonds. The molecule has 2 aliphatic heterocycles. The molecule has 0 radical (unpaired) electrons. The Morgan fingerprint density at radius 2 is 1.79 bits per heavy atom. The van der Waals surface area contributed by atoms with E-state index in [1.54, 1.807) is 12.1 Å². The maximum absolute atomic E-state index is 12.4. The zero-order valence-corrected chi connectivity index (χ0v) is 14.4. The first-order valence-corrected chi connectivity index (χ1v) is 8.39. The highest BCUT2D eigenvalue weighted by Gasteiger charge is 2.24. The van der Waals surface area contributed by atoms with Crippen molar-refractivity contribution in [1.29, 1.82) is 0 Å². The Morgan fingerprint density at radius 3 is 2.42 bits per heavy atom. The van der Waals surface area contributed by atoms with Crippen LogP contribution < -0.4 is 14.8 Å². The highest BCUT2D eigenvalue weighted by Crippen LogP contribution is 2.37. The van der Waals surface area contributed by atoms with Crippen LogP contribution >= 0.6 is 0 Å². The predicted octanol–water partition coefficient (Wildman–Crippen LogP) is 2.53. The topological polar surface area (TPSA) is 67.9 Å². The van der Waals surface area contributed by atoms with Gasteiger partial charge in [-0.3, -0.25) is 14.5 Å². The lowest BCUT2D eigenvalue weighted by molar-refractivity contribution is -0.117. The van der Waals surface area contributed by atoms with E-state index in [1.165, 1.54) is 13.3 Å².